The van der Waals surface area contributed by atoms with Crippen LogP contribution in [0.2, 0.25) is 0 Å². The number of aromatic nitrogens is 2. The third kappa shape index (κ3) is 4.36. The predicted octanol–water partition coefficient (Wildman–Crippen LogP) is 3.30. The number of benzene rings is 1. The number of hydrogen-bond acceptors (Lipinski definition) is 4. The summed E-state index contributed by atoms with van der Waals surface area (Å²) < 4.78 is 11.3. The molecule has 0 spiro atoms. The number of H-pyrrole nitrogens is 1. The molecular formula is C20H27N3O3. The predicted molar refractivity (Wildman–Crippen MR) is 99.7 cm³/mol. The number of aromatic amines is 1. The van der Waals surface area contributed by atoms with Crippen molar-refractivity contribution in [2.45, 2.75) is 39.2 Å². The van der Waals surface area contributed by atoms with Crippen molar-refractivity contribution in [2.24, 2.45) is 5.92 Å². The number of imidazole rings is 1. The smallest absolute Gasteiger partial charge is 0.271 e. The van der Waals surface area contributed by atoms with Gasteiger partial charge in [-0.3, -0.25) is 4.79 Å². The first kappa shape index (κ1) is 18.3. The van der Waals surface area contributed by atoms with Crippen molar-refractivity contribution >= 4 is 5.91 Å². The van der Waals surface area contributed by atoms with E-state index in [0.29, 0.717) is 11.6 Å². The molecule has 1 aromatic carbocycles. The first-order valence-electron chi connectivity index (χ1n) is 9.18. The highest BCUT2D eigenvalue weighted by atomic mass is 16.5. The molecule has 1 amide bonds. The van der Waals surface area contributed by atoms with Gasteiger partial charge in [0.1, 0.15) is 5.69 Å². The number of ether oxygens (including phenoxy) is 2. The van der Waals surface area contributed by atoms with Gasteiger partial charge in [-0.25, -0.2) is 4.98 Å². The van der Waals surface area contributed by atoms with Gasteiger partial charge in [-0.05, 0) is 56.7 Å². The molecule has 3 rings (SSSR count). The average molecular weight is 357 g/mol. The number of nitrogens with zero attached hydrogens (tertiary/aromatic N) is 2. The Hall–Kier alpha value is -2.50. The standard InChI is InChI=1S/C20H27N3O3/c1-14(2)26-19-11-16(4-5-18(19)25-3)10-15-6-8-23(9-7-15)20(24)17-12-21-13-22-17/h4-5,11-15H,6-10H2,1-3H3,(H,21,22). The molecule has 0 saturated carbocycles. The lowest BCUT2D eigenvalue weighted by molar-refractivity contribution is 0.0685. The van der Waals surface area contributed by atoms with E-state index >= 15 is 0 Å². The van der Waals surface area contributed by atoms with Crippen LogP contribution in [-0.4, -0.2) is 47.1 Å². The molecule has 1 fully saturated rings. The summed E-state index contributed by atoms with van der Waals surface area (Å²) in [5.74, 6) is 2.17. The fraction of sp³-hybridized carbons (Fsp3) is 0.500. The van der Waals surface area contributed by atoms with Gasteiger partial charge in [0.05, 0.1) is 25.7 Å². The Balaban J connectivity index is 1.58. The molecule has 6 heteroatoms. The number of carbonyl (C=O) groups is 1. The Morgan fingerprint density at radius 1 is 1.31 bits per heavy atom. The molecule has 1 N–H and O–H groups in total. The van der Waals surface area contributed by atoms with Gasteiger partial charge in [-0.15, -0.1) is 0 Å². The maximum Gasteiger partial charge on any atom is 0.271 e. The van der Waals surface area contributed by atoms with E-state index in [4.69, 9.17) is 9.47 Å². The van der Waals surface area contributed by atoms with E-state index in [1.54, 1.807) is 19.6 Å². The van der Waals surface area contributed by atoms with Crippen molar-refractivity contribution in [2.75, 3.05) is 20.2 Å². The number of likely N-dealkylation sites (tertiary alicyclic amines) is 1. The number of piperidine rings is 1. The van der Waals surface area contributed by atoms with Crippen LogP contribution in [0.5, 0.6) is 11.5 Å². The zero-order valence-corrected chi connectivity index (χ0v) is 15.7. The van der Waals surface area contributed by atoms with Crippen molar-refractivity contribution in [1.29, 1.82) is 0 Å². The number of nitrogens with one attached hydrogen (secondary N) is 1. The lowest BCUT2D eigenvalue weighted by Crippen LogP contribution is -2.39. The van der Waals surface area contributed by atoms with E-state index in [9.17, 15) is 4.79 Å². The van der Waals surface area contributed by atoms with Gasteiger partial charge in [-0.2, -0.15) is 0 Å². The van der Waals surface area contributed by atoms with Crippen LogP contribution in [0.25, 0.3) is 0 Å². The summed E-state index contributed by atoms with van der Waals surface area (Å²) in [7, 11) is 1.66. The molecule has 2 aromatic rings. The van der Waals surface area contributed by atoms with Crippen molar-refractivity contribution in [3.63, 3.8) is 0 Å². The summed E-state index contributed by atoms with van der Waals surface area (Å²) in [6, 6.07) is 6.17. The van der Waals surface area contributed by atoms with E-state index < -0.39 is 0 Å². The summed E-state index contributed by atoms with van der Waals surface area (Å²) in [6.07, 6.45) is 6.24. The lowest BCUT2D eigenvalue weighted by Gasteiger charge is -2.31. The van der Waals surface area contributed by atoms with Crippen LogP contribution in [0.15, 0.2) is 30.7 Å². The quantitative estimate of drug-likeness (QED) is 0.861. The van der Waals surface area contributed by atoms with Crippen molar-refractivity contribution < 1.29 is 14.3 Å². The summed E-state index contributed by atoms with van der Waals surface area (Å²) in [5, 5.41) is 0. The lowest BCUT2D eigenvalue weighted by atomic mass is 9.90. The molecule has 6 nitrogen and oxygen atoms in total. The molecule has 0 bridgehead atoms. The van der Waals surface area contributed by atoms with Crippen LogP contribution in [0.4, 0.5) is 0 Å². The van der Waals surface area contributed by atoms with Crippen LogP contribution < -0.4 is 9.47 Å². The van der Waals surface area contributed by atoms with Gasteiger partial charge in [0, 0.05) is 13.1 Å². The first-order chi connectivity index (χ1) is 12.6. The first-order valence-corrected chi connectivity index (χ1v) is 9.18. The minimum absolute atomic E-state index is 0.0398. The summed E-state index contributed by atoms with van der Waals surface area (Å²) in [5.41, 5.74) is 1.81. The second kappa shape index (κ2) is 8.25. The molecule has 26 heavy (non-hydrogen) atoms. The van der Waals surface area contributed by atoms with E-state index in [1.807, 2.05) is 24.8 Å². The maximum absolute atomic E-state index is 12.4. The molecule has 0 aliphatic carbocycles. The van der Waals surface area contributed by atoms with E-state index in [2.05, 4.69) is 22.1 Å². The van der Waals surface area contributed by atoms with Crippen molar-refractivity contribution in [3.8, 4) is 11.5 Å². The van der Waals surface area contributed by atoms with Crippen LogP contribution >= 0.6 is 0 Å². The minimum Gasteiger partial charge on any atom is -0.493 e. The van der Waals surface area contributed by atoms with Crippen LogP contribution in [0.1, 0.15) is 42.7 Å². The SMILES string of the molecule is COc1ccc(CC2CCN(C(=O)c3cnc[nH]3)CC2)cc1OC(C)C. The molecule has 0 atom stereocenters. The fourth-order valence-electron chi connectivity index (χ4n) is 3.41. The minimum atomic E-state index is 0.0398. The van der Waals surface area contributed by atoms with E-state index in [-0.39, 0.29) is 12.0 Å². The Morgan fingerprint density at radius 3 is 2.69 bits per heavy atom. The number of amides is 1. The topological polar surface area (TPSA) is 67.5 Å². The highest BCUT2D eigenvalue weighted by Gasteiger charge is 2.24. The second-order valence-corrected chi connectivity index (χ2v) is 7.06. The van der Waals surface area contributed by atoms with Crippen LogP contribution in [0.3, 0.4) is 0 Å². The average Bonchev–Trinajstić information content (AvgIpc) is 3.16. The van der Waals surface area contributed by atoms with Crippen LogP contribution in [0, 0.1) is 5.92 Å². The molecule has 0 unspecified atom stereocenters. The second-order valence-electron chi connectivity index (χ2n) is 7.06. The van der Waals surface area contributed by atoms with Gasteiger partial charge in [0.15, 0.2) is 11.5 Å². The zero-order valence-electron chi connectivity index (χ0n) is 15.7. The summed E-state index contributed by atoms with van der Waals surface area (Å²) >= 11 is 0. The Labute approximate surface area is 154 Å². The molecule has 1 aliphatic heterocycles. The highest BCUT2D eigenvalue weighted by Crippen LogP contribution is 2.31. The monoisotopic (exact) mass is 357 g/mol. The molecule has 1 saturated heterocycles. The van der Waals surface area contributed by atoms with Gasteiger partial charge < -0.3 is 19.4 Å². The fourth-order valence-corrected chi connectivity index (χ4v) is 3.41. The highest BCUT2D eigenvalue weighted by molar-refractivity contribution is 5.92. The zero-order chi connectivity index (χ0) is 18.5. The van der Waals surface area contributed by atoms with Crippen LogP contribution in [-0.2, 0) is 6.42 Å². The van der Waals surface area contributed by atoms with Crippen molar-refractivity contribution in [1.82, 2.24) is 14.9 Å². The largest absolute Gasteiger partial charge is 0.493 e. The third-order valence-corrected chi connectivity index (χ3v) is 4.75. The summed E-state index contributed by atoms with van der Waals surface area (Å²) in [4.78, 5) is 21.1. The Kier molecular flexibility index (Phi) is 5.81. The maximum atomic E-state index is 12.4. The molecule has 1 aromatic heterocycles. The van der Waals surface area contributed by atoms with E-state index in [1.165, 1.54) is 5.56 Å². The third-order valence-electron chi connectivity index (χ3n) is 4.75. The Morgan fingerprint density at radius 2 is 2.08 bits per heavy atom. The molecule has 0 radical (unpaired) electrons. The number of carbonyl (C=O) groups excluding carboxylic acids is 1. The summed E-state index contributed by atoms with van der Waals surface area (Å²) in [6.45, 7) is 5.60. The van der Waals surface area contributed by atoms with Crippen molar-refractivity contribution in [3.05, 3.63) is 42.0 Å². The Bertz CT molecular complexity index is 720. The molecule has 2 heterocycles. The number of hydrogen-bond donors (Lipinski definition) is 1. The number of methoxy groups -OCH3 is 1. The van der Waals surface area contributed by atoms with E-state index in [0.717, 1.165) is 43.9 Å². The molecule has 140 valence electrons. The van der Waals surface area contributed by atoms with Gasteiger partial charge >= 0.3 is 0 Å². The molecule has 1 aliphatic rings. The van der Waals surface area contributed by atoms with Gasteiger partial charge in [-0.1, -0.05) is 6.07 Å². The number of rotatable bonds is 6. The van der Waals surface area contributed by atoms with Gasteiger partial charge in [0.25, 0.3) is 5.91 Å². The van der Waals surface area contributed by atoms with Gasteiger partial charge in [0.2, 0.25) is 0 Å². The molecular weight excluding hydrogens is 330 g/mol. The normalized spacial score (nSPS) is 15.3.